The van der Waals surface area contributed by atoms with Crippen molar-refractivity contribution in [2.45, 2.75) is 46.1 Å². The highest BCUT2D eigenvalue weighted by atomic mass is 32.2. The topological polar surface area (TPSA) is 20.2 Å². The summed E-state index contributed by atoms with van der Waals surface area (Å²) in [5.41, 5.74) is 5.80. The predicted molar refractivity (Wildman–Crippen MR) is 112 cm³/mol. The molecule has 0 fully saturated rings. The van der Waals surface area contributed by atoms with Gasteiger partial charge in [0.2, 0.25) is 0 Å². The summed E-state index contributed by atoms with van der Waals surface area (Å²) in [6, 6.07) is 7.08. The van der Waals surface area contributed by atoms with Gasteiger partial charge in [-0.05, 0) is 68.5 Å². The molecule has 1 aliphatic rings. The molecule has 1 aromatic heterocycles. The molecule has 0 amide bonds. The fraction of sp³-hybridized carbons (Fsp3) is 0.524. The maximum Gasteiger partial charge on any atom is 0.0489 e. The zero-order valence-electron chi connectivity index (χ0n) is 16.0. The van der Waals surface area contributed by atoms with Crippen molar-refractivity contribution in [2.75, 3.05) is 20.6 Å². The van der Waals surface area contributed by atoms with Crippen LogP contribution in [0.5, 0.6) is 0 Å². The van der Waals surface area contributed by atoms with Gasteiger partial charge in [0, 0.05) is 42.3 Å². The molecule has 2 aromatic rings. The minimum atomic E-state index is 0.653. The summed E-state index contributed by atoms with van der Waals surface area (Å²) >= 11 is 1.66. The Hall–Kier alpha value is -1.23. The Kier molecular flexibility index (Phi) is 6.26. The molecule has 0 unspecified atom stereocenters. The van der Waals surface area contributed by atoms with Gasteiger partial charge in [0.05, 0.1) is 0 Å². The molecule has 1 heterocycles. The Morgan fingerprint density at radius 1 is 1.28 bits per heavy atom. The quantitative estimate of drug-likeness (QED) is 0.523. The number of nitrogens with one attached hydrogen (secondary N) is 1. The van der Waals surface area contributed by atoms with E-state index in [1.807, 2.05) is 0 Å². The van der Waals surface area contributed by atoms with E-state index in [-0.39, 0.29) is 0 Å². The molecule has 0 aliphatic heterocycles. The zero-order chi connectivity index (χ0) is 17.8. The molecule has 0 atom stereocenters. The first-order chi connectivity index (χ1) is 12.0. The highest BCUT2D eigenvalue weighted by molar-refractivity contribution is 7.95. The molecule has 1 aromatic carbocycles. The summed E-state index contributed by atoms with van der Waals surface area (Å²) < 4.78 is 7.98. The van der Waals surface area contributed by atoms with Crippen LogP contribution in [0.3, 0.4) is 0 Å². The molecule has 0 spiro atoms. The monoisotopic (exact) mass is 357 g/mol. The summed E-state index contributed by atoms with van der Waals surface area (Å²) in [5, 5.41) is 1.42. The maximum absolute atomic E-state index is 3.43. The van der Waals surface area contributed by atoms with Crippen molar-refractivity contribution in [2.24, 2.45) is 5.92 Å². The van der Waals surface area contributed by atoms with Gasteiger partial charge in [-0.3, -0.25) is 4.72 Å². The van der Waals surface area contributed by atoms with Crippen molar-refractivity contribution in [3.63, 3.8) is 0 Å². The van der Waals surface area contributed by atoms with Crippen molar-refractivity contribution in [1.29, 1.82) is 0 Å². The van der Waals surface area contributed by atoms with Gasteiger partial charge < -0.3 is 4.57 Å². The third-order valence-electron chi connectivity index (χ3n) is 4.68. The number of rotatable bonds is 8. The standard InChI is InChI=1S/C21H31N3S/c1-16(2)14-24-15-19(11-12-22-25-23(3)4)20-10-9-18(13-21(20)24)17-7-5-6-8-17/h7,9-10,13,15-16,22H,5-6,8,11-12,14H2,1-4H3. The predicted octanol–water partition coefficient (Wildman–Crippen LogP) is 5.12. The van der Waals surface area contributed by atoms with Crippen molar-refractivity contribution >= 4 is 28.6 Å². The van der Waals surface area contributed by atoms with Gasteiger partial charge in [0.25, 0.3) is 0 Å². The van der Waals surface area contributed by atoms with Gasteiger partial charge in [-0.15, -0.1) is 0 Å². The third kappa shape index (κ3) is 4.69. The van der Waals surface area contributed by atoms with Crippen LogP contribution >= 0.6 is 12.1 Å². The first-order valence-corrected chi connectivity index (χ1v) is 10.2. The Morgan fingerprint density at radius 3 is 2.80 bits per heavy atom. The fourth-order valence-corrected chi connectivity index (χ4v) is 4.06. The minimum absolute atomic E-state index is 0.653. The average molecular weight is 358 g/mol. The SMILES string of the molecule is CC(C)Cn1cc(CCNSN(C)C)c2ccc(C3=CCCC3)cc21. The van der Waals surface area contributed by atoms with Crippen molar-refractivity contribution < 1.29 is 0 Å². The molecule has 1 aliphatic carbocycles. The van der Waals surface area contributed by atoms with Crippen molar-refractivity contribution in [3.05, 3.63) is 41.6 Å². The van der Waals surface area contributed by atoms with Gasteiger partial charge in [-0.2, -0.15) is 0 Å². The van der Waals surface area contributed by atoms with Crippen LogP contribution in [-0.2, 0) is 13.0 Å². The lowest BCUT2D eigenvalue weighted by Gasteiger charge is -2.10. The van der Waals surface area contributed by atoms with Gasteiger partial charge in [-0.25, -0.2) is 4.31 Å². The van der Waals surface area contributed by atoms with E-state index in [1.165, 1.54) is 46.9 Å². The first kappa shape index (κ1) is 18.6. The Morgan fingerprint density at radius 2 is 2.12 bits per heavy atom. The van der Waals surface area contributed by atoms with Crippen LogP contribution in [-0.4, -0.2) is 29.5 Å². The minimum Gasteiger partial charge on any atom is -0.347 e. The number of fused-ring (bicyclic) bond motifs is 1. The molecule has 1 N–H and O–H groups in total. The number of hydrogen-bond acceptors (Lipinski definition) is 3. The molecule has 3 nitrogen and oxygen atoms in total. The number of benzene rings is 1. The number of hydrogen-bond donors (Lipinski definition) is 1. The van der Waals surface area contributed by atoms with Crippen molar-refractivity contribution in [1.82, 2.24) is 13.6 Å². The van der Waals surface area contributed by atoms with E-state index < -0.39 is 0 Å². The molecular formula is C21H31N3S. The second kappa shape index (κ2) is 8.43. The van der Waals surface area contributed by atoms with Crippen LogP contribution in [0.25, 0.3) is 16.5 Å². The normalized spacial score (nSPS) is 14.9. The number of nitrogens with zero attached hydrogens (tertiary/aromatic N) is 2. The molecule has 0 radical (unpaired) electrons. The second-order valence-corrected chi connectivity index (χ2v) is 8.80. The van der Waals surface area contributed by atoms with E-state index in [2.05, 4.69) is 72.0 Å². The Balaban J connectivity index is 1.86. The van der Waals surface area contributed by atoms with Crippen LogP contribution < -0.4 is 4.72 Å². The summed E-state index contributed by atoms with van der Waals surface area (Å²) in [7, 11) is 4.12. The molecule has 136 valence electrons. The fourth-order valence-electron chi connectivity index (χ4n) is 3.60. The lowest BCUT2D eigenvalue weighted by Crippen LogP contribution is -2.15. The van der Waals surface area contributed by atoms with Gasteiger partial charge in [-0.1, -0.05) is 32.1 Å². The first-order valence-electron chi connectivity index (χ1n) is 9.43. The molecule has 0 bridgehead atoms. The Bertz CT molecular complexity index is 743. The molecule has 25 heavy (non-hydrogen) atoms. The van der Waals surface area contributed by atoms with E-state index in [0.29, 0.717) is 5.92 Å². The second-order valence-electron chi connectivity index (χ2n) is 7.60. The van der Waals surface area contributed by atoms with Crippen molar-refractivity contribution in [3.8, 4) is 0 Å². The molecular weight excluding hydrogens is 326 g/mol. The summed E-state index contributed by atoms with van der Waals surface area (Å²) in [4.78, 5) is 0. The van der Waals surface area contributed by atoms with Crippen LogP contribution in [0.1, 0.15) is 44.2 Å². The van der Waals surface area contributed by atoms with E-state index in [4.69, 9.17) is 0 Å². The van der Waals surface area contributed by atoms with Crippen LogP contribution in [0.15, 0.2) is 30.5 Å². The average Bonchev–Trinajstić information content (AvgIpc) is 3.19. The lowest BCUT2D eigenvalue weighted by molar-refractivity contribution is 0.534. The van der Waals surface area contributed by atoms with Crippen LogP contribution in [0.4, 0.5) is 0 Å². The Labute approximate surface area is 156 Å². The summed E-state index contributed by atoms with van der Waals surface area (Å²) in [5.74, 6) is 0.653. The largest absolute Gasteiger partial charge is 0.347 e. The molecule has 0 saturated heterocycles. The van der Waals surface area contributed by atoms with Crippen LogP contribution in [0, 0.1) is 5.92 Å². The van der Waals surface area contributed by atoms with E-state index >= 15 is 0 Å². The zero-order valence-corrected chi connectivity index (χ0v) is 16.8. The summed E-state index contributed by atoms with van der Waals surface area (Å²) in [6.07, 6.45) is 9.63. The molecule has 0 saturated carbocycles. The number of aromatic nitrogens is 1. The highest BCUT2D eigenvalue weighted by Crippen LogP contribution is 2.31. The molecule has 4 heteroatoms. The van der Waals surface area contributed by atoms with E-state index in [9.17, 15) is 0 Å². The van der Waals surface area contributed by atoms with Gasteiger partial charge in [0.1, 0.15) is 0 Å². The number of allylic oxidation sites excluding steroid dienone is 2. The third-order valence-corrected chi connectivity index (χ3v) is 5.38. The lowest BCUT2D eigenvalue weighted by atomic mass is 10.0. The molecule has 3 rings (SSSR count). The smallest absolute Gasteiger partial charge is 0.0489 e. The van der Waals surface area contributed by atoms with E-state index in [0.717, 1.165) is 19.5 Å². The van der Waals surface area contributed by atoms with Crippen LogP contribution in [0.2, 0.25) is 0 Å². The maximum atomic E-state index is 3.43. The summed E-state index contributed by atoms with van der Waals surface area (Å²) in [6.45, 7) is 6.66. The van der Waals surface area contributed by atoms with E-state index in [1.54, 1.807) is 12.1 Å². The highest BCUT2D eigenvalue weighted by Gasteiger charge is 2.13. The van der Waals surface area contributed by atoms with Gasteiger partial charge >= 0.3 is 0 Å². The van der Waals surface area contributed by atoms with Gasteiger partial charge in [0.15, 0.2) is 0 Å².